The molecular formula is C48H79O12P. The molecule has 6 atom stereocenters. The Balaban J connectivity index is 2.41. The Morgan fingerprint density at radius 3 is 1.49 bits per heavy atom. The van der Waals surface area contributed by atoms with Crippen molar-refractivity contribution >= 4 is 13.8 Å². The zero-order valence-electron chi connectivity index (χ0n) is 36.9. The fraction of sp³-hybridized carbons (Fsp3) is 0.646. The molecule has 1 fully saturated rings. The maximum absolute atomic E-state index is 12.8. The van der Waals surface area contributed by atoms with Gasteiger partial charge in [-0.15, -0.1) is 0 Å². The molecule has 0 aliphatic heterocycles. The number of rotatable bonds is 36. The molecule has 0 saturated heterocycles. The van der Waals surface area contributed by atoms with Gasteiger partial charge in [-0.25, -0.2) is 4.57 Å². The van der Waals surface area contributed by atoms with Crippen LogP contribution in [0.5, 0.6) is 0 Å². The third kappa shape index (κ3) is 30.1. The van der Waals surface area contributed by atoms with Crippen molar-refractivity contribution in [3.8, 4) is 0 Å². The molecule has 0 radical (unpaired) electrons. The Kier molecular flexibility index (Phi) is 34.9. The first kappa shape index (κ1) is 56.3. The second-order valence-corrected chi connectivity index (χ2v) is 16.6. The number of esters is 1. The van der Waals surface area contributed by atoms with Gasteiger partial charge in [-0.3, -0.25) is 13.8 Å². The highest BCUT2D eigenvalue weighted by molar-refractivity contribution is 7.47. The predicted octanol–water partition coefficient (Wildman–Crippen LogP) is 9.14. The van der Waals surface area contributed by atoms with E-state index in [0.29, 0.717) is 13.0 Å². The van der Waals surface area contributed by atoms with Crippen LogP contribution in [0.25, 0.3) is 0 Å². The van der Waals surface area contributed by atoms with Gasteiger partial charge >= 0.3 is 13.8 Å². The third-order valence-electron chi connectivity index (χ3n) is 9.67. The molecule has 13 heteroatoms. The fourth-order valence-corrected chi connectivity index (χ4v) is 7.07. The van der Waals surface area contributed by atoms with Crippen LogP contribution in [0.2, 0.25) is 0 Å². The highest BCUT2D eigenvalue weighted by Crippen LogP contribution is 2.47. The quantitative estimate of drug-likeness (QED) is 0.0152. The first-order chi connectivity index (χ1) is 29.5. The van der Waals surface area contributed by atoms with Crippen LogP contribution >= 0.6 is 7.82 Å². The minimum absolute atomic E-state index is 0.117. The summed E-state index contributed by atoms with van der Waals surface area (Å²) in [7, 11) is -5.04. The van der Waals surface area contributed by atoms with E-state index >= 15 is 0 Å². The number of aliphatic hydroxyl groups is 5. The summed E-state index contributed by atoms with van der Waals surface area (Å²) >= 11 is 0. The van der Waals surface area contributed by atoms with E-state index in [9.17, 15) is 39.8 Å². The fourth-order valence-electron chi connectivity index (χ4n) is 6.10. The lowest BCUT2D eigenvalue weighted by Crippen LogP contribution is -2.64. The van der Waals surface area contributed by atoms with Gasteiger partial charge in [0, 0.05) is 13.0 Å². The van der Waals surface area contributed by atoms with E-state index in [4.69, 9.17) is 18.5 Å². The van der Waals surface area contributed by atoms with Crippen molar-refractivity contribution in [2.75, 3.05) is 19.8 Å². The summed E-state index contributed by atoms with van der Waals surface area (Å²) in [4.78, 5) is 23.1. The van der Waals surface area contributed by atoms with E-state index in [1.807, 2.05) is 0 Å². The molecule has 0 spiro atoms. The summed E-state index contributed by atoms with van der Waals surface area (Å²) in [5.74, 6) is -0.510. The van der Waals surface area contributed by atoms with Crippen LogP contribution in [0.15, 0.2) is 97.2 Å². The molecule has 1 aliphatic rings. The van der Waals surface area contributed by atoms with Crippen molar-refractivity contribution < 1.29 is 58.3 Å². The minimum atomic E-state index is -5.04. The van der Waals surface area contributed by atoms with Crippen molar-refractivity contribution in [1.82, 2.24) is 0 Å². The number of aliphatic hydroxyl groups excluding tert-OH is 5. The Bertz CT molecular complexity index is 1370. The van der Waals surface area contributed by atoms with Crippen molar-refractivity contribution in [3.63, 3.8) is 0 Å². The Morgan fingerprint density at radius 1 is 0.541 bits per heavy atom. The monoisotopic (exact) mass is 879 g/mol. The number of allylic oxidation sites excluding steroid dienone is 16. The molecule has 1 aliphatic carbocycles. The zero-order valence-corrected chi connectivity index (χ0v) is 37.8. The SMILES string of the molecule is CC/C=C\C/C=C\C/C=C\C/C=C\C/C=C\C/C=C\C/C=C\CCCCOCC(COP(=O)(O)OC1C(O)C(O)C(O)C(O)C1O)OC(=O)CCCCCCC/C=C\CCC. The van der Waals surface area contributed by atoms with Gasteiger partial charge in [0.2, 0.25) is 0 Å². The van der Waals surface area contributed by atoms with Gasteiger partial charge < -0.3 is 39.9 Å². The molecule has 348 valence electrons. The molecule has 1 rings (SSSR count). The van der Waals surface area contributed by atoms with E-state index in [1.165, 1.54) is 0 Å². The number of carbonyl (C=O) groups excluding carboxylic acids is 1. The number of ether oxygens (including phenoxy) is 2. The van der Waals surface area contributed by atoms with Gasteiger partial charge in [0.05, 0.1) is 13.2 Å². The maximum Gasteiger partial charge on any atom is 0.472 e. The third-order valence-corrected chi connectivity index (χ3v) is 10.7. The van der Waals surface area contributed by atoms with Crippen LogP contribution in [0, 0.1) is 0 Å². The molecule has 1 saturated carbocycles. The van der Waals surface area contributed by atoms with E-state index in [0.717, 1.165) is 109 Å². The Morgan fingerprint density at radius 2 is 0.967 bits per heavy atom. The maximum atomic E-state index is 12.8. The molecule has 0 aromatic carbocycles. The highest BCUT2D eigenvalue weighted by atomic mass is 31.2. The van der Waals surface area contributed by atoms with Crippen LogP contribution in [-0.4, -0.2) is 98.9 Å². The predicted molar refractivity (Wildman–Crippen MR) is 244 cm³/mol. The second kappa shape index (κ2) is 37.8. The molecule has 0 aromatic rings. The number of carbonyl (C=O) groups is 1. The average Bonchev–Trinajstić information content (AvgIpc) is 3.24. The molecule has 6 unspecified atom stereocenters. The van der Waals surface area contributed by atoms with E-state index in [2.05, 4.69) is 111 Å². The minimum Gasteiger partial charge on any atom is -0.457 e. The Labute approximate surface area is 366 Å². The number of hydrogen-bond acceptors (Lipinski definition) is 11. The highest BCUT2D eigenvalue weighted by Gasteiger charge is 2.51. The number of phosphoric ester groups is 1. The lowest BCUT2D eigenvalue weighted by atomic mass is 9.85. The molecular weight excluding hydrogens is 799 g/mol. The standard InChI is InChI=1S/C48H79O12P/c1-3-5-7-9-11-13-15-16-17-18-19-20-21-22-23-24-25-26-27-28-30-32-34-36-38-57-39-41(59-42(49)37-35-33-31-29-14-12-10-8-6-4-2)40-58-61(55,56)60-48-46(53)44(51)43(50)45(52)47(48)54/h5,7-8,10-11,13,16-17,19-20,22-23,25-26,28,30,41,43-48,50-54H,3-4,6,9,12,14-15,18,21,24,27,29,31-40H2,1-2H3,(H,55,56)/b7-5-,10-8-,13-11-,17-16-,20-19-,23-22-,26-25-,30-28-. The van der Waals surface area contributed by atoms with Gasteiger partial charge in [-0.2, -0.15) is 0 Å². The normalized spacial score (nSPS) is 23.1. The van der Waals surface area contributed by atoms with Gasteiger partial charge in [0.15, 0.2) is 0 Å². The van der Waals surface area contributed by atoms with Gasteiger partial charge in [0.1, 0.15) is 42.7 Å². The van der Waals surface area contributed by atoms with Crippen LogP contribution < -0.4 is 0 Å². The summed E-state index contributed by atoms with van der Waals surface area (Å²) < 4.78 is 34.0. The molecule has 12 nitrogen and oxygen atoms in total. The second-order valence-electron chi connectivity index (χ2n) is 15.2. The average molecular weight is 879 g/mol. The topological polar surface area (TPSA) is 192 Å². The summed E-state index contributed by atoms with van der Waals surface area (Å²) in [5, 5.41) is 50.1. The summed E-state index contributed by atoms with van der Waals surface area (Å²) in [6.45, 7) is 3.93. The first-order valence-corrected chi connectivity index (χ1v) is 24.1. The van der Waals surface area contributed by atoms with Crippen molar-refractivity contribution in [1.29, 1.82) is 0 Å². The van der Waals surface area contributed by atoms with Crippen molar-refractivity contribution in [2.45, 2.75) is 179 Å². The first-order valence-electron chi connectivity index (χ1n) is 22.6. The lowest BCUT2D eigenvalue weighted by molar-refractivity contribution is -0.220. The van der Waals surface area contributed by atoms with Crippen LogP contribution in [0.1, 0.15) is 136 Å². The summed E-state index contributed by atoms with van der Waals surface area (Å²) in [5.41, 5.74) is 0. The summed E-state index contributed by atoms with van der Waals surface area (Å²) in [6.07, 6.45) is 39.3. The van der Waals surface area contributed by atoms with E-state index in [-0.39, 0.29) is 13.0 Å². The van der Waals surface area contributed by atoms with Crippen LogP contribution in [0.4, 0.5) is 0 Å². The van der Waals surface area contributed by atoms with Crippen LogP contribution in [-0.2, 0) is 27.9 Å². The van der Waals surface area contributed by atoms with Crippen LogP contribution in [0.3, 0.4) is 0 Å². The lowest BCUT2D eigenvalue weighted by Gasteiger charge is -2.41. The molecule has 0 heterocycles. The summed E-state index contributed by atoms with van der Waals surface area (Å²) in [6, 6.07) is 0. The number of phosphoric acid groups is 1. The Hall–Kier alpha value is -2.74. The van der Waals surface area contributed by atoms with E-state index in [1.54, 1.807) is 0 Å². The smallest absolute Gasteiger partial charge is 0.457 e. The molecule has 6 N–H and O–H groups in total. The van der Waals surface area contributed by atoms with E-state index < -0.39 is 63.1 Å². The molecule has 61 heavy (non-hydrogen) atoms. The largest absolute Gasteiger partial charge is 0.472 e. The van der Waals surface area contributed by atoms with Gasteiger partial charge in [-0.1, -0.05) is 137 Å². The van der Waals surface area contributed by atoms with Crippen molar-refractivity contribution in [3.05, 3.63) is 97.2 Å². The number of hydrogen-bond donors (Lipinski definition) is 6. The van der Waals surface area contributed by atoms with Crippen molar-refractivity contribution in [2.24, 2.45) is 0 Å². The molecule has 0 amide bonds. The number of unbranched alkanes of at least 4 members (excludes halogenated alkanes) is 8. The molecule has 0 aromatic heterocycles. The van der Waals surface area contributed by atoms with Gasteiger partial charge in [0.25, 0.3) is 0 Å². The zero-order chi connectivity index (χ0) is 44.8. The van der Waals surface area contributed by atoms with Gasteiger partial charge in [-0.05, 0) is 89.9 Å². The molecule has 0 bridgehead atoms.